The summed E-state index contributed by atoms with van der Waals surface area (Å²) in [7, 11) is 1.16. The zero-order chi connectivity index (χ0) is 19.9. The highest BCUT2D eigenvalue weighted by atomic mass is 16.6. The lowest BCUT2D eigenvalue weighted by Crippen LogP contribution is -2.48. The van der Waals surface area contributed by atoms with Crippen molar-refractivity contribution < 1.29 is 33.4 Å². The first kappa shape index (κ1) is 18.9. The summed E-state index contributed by atoms with van der Waals surface area (Å²) >= 11 is 0. The molecule has 2 amide bonds. The fraction of sp³-hybridized carbons (Fsp3) is 0.474. The van der Waals surface area contributed by atoms with Crippen LogP contribution < -0.4 is 4.74 Å². The lowest BCUT2D eigenvalue weighted by molar-refractivity contribution is -0.150. The molecule has 2 aliphatic heterocycles. The minimum atomic E-state index is -1.26. The zero-order valence-electron chi connectivity index (χ0n) is 15.6. The van der Waals surface area contributed by atoms with Gasteiger partial charge in [-0.3, -0.25) is 9.59 Å². The van der Waals surface area contributed by atoms with E-state index in [9.17, 15) is 19.2 Å². The summed E-state index contributed by atoms with van der Waals surface area (Å²) in [6.45, 7) is 4.97. The average molecular weight is 375 g/mol. The molecule has 1 aromatic carbocycles. The van der Waals surface area contributed by atoms with Gasteiger partial charge in [-0.15, -0.1) is 0 Å². The first-order chi connectivity index (χ1) is 12.6. The van der Waals surface area contributed by atoms with Gasteiger partial charge in [0.1, 0.15) is 17.4 Å². The van der Waals surface area contributed by atoms with Crippen LogP contribution in [0.4, 0.5) is 4.79 Å². The van der Waals surface area contributed by atoms with Crippen molar-refractivity contribution in [3.8, 4) is 5.75 Å². The zero-order valence-corrected chi connectivity index (χ0v) is 15.6. The molecule has 0 N–H and O–H groups in total. The Balaban J connectivity index is 2.10. The van der Waals surface area contributed by atoms with Gasteiger partial charge in [0.05, 0.1) is 19.4 Å². The minimum Gasteiger partial charge on any atom is -0.467 e. The number of carbonyl (C=O) groups is 4. The molecule has 1 saturated heterocycles. The Morgan fingerprint density at radius 3 is 2.48 bits per heavy atom. The quantitative estimate of drug-likeness (QED) is 0.547. The number of esters is 2. The Hall–Kier alpha value is -2.90. The van der Waals surface area contributed by atoms with Crippen molar-refractivity contribution in [2.75, 3.05) is 7.11 Å². The molecule has 0 bridgehead atoms. The first-order valence-corrected chi connectivity index (χ1v) is 8.57. The Labute approximate surface area is 156 Å². The second-order valence-corrected chi connectivity index (χ2v) is 7.51. The number of ether oxygens (including phenoxy) is 3. The summed E-state index contributed by atoms with van der Waals surface area (Å²) in [4.78, 5) is 51.3. The van der Waals surface area contributed by atoms with Gasteiger partial charge < -0.3 is 14.2 Å². The SMILES string of the molecule is COC(=O)[C@@H]1[C@H]2CC(=O)Oc3ccccc3[C@H]2C(=O)N1C(=O)OC(C)(C)C. The smallest absolute Gasteiger partial charge is 0.417 e. The topological polar surface area (TPSA) is 99.2 Å². The molecule has 3 rings (SSSR count). The largest absolute Gasteiger partial charge is 0.467 e. The Kier molecular flexibility index (Phi) is 4.67. The van der Waals surface area contributed by atoms with E-state index in [2.05, 4.69) is 0 Å². The molecule has 27 heavy (non-hydrogen) atoms. The fourth-order valence-electron chi connectivity index (χ4n) is 3.54. The maximum Gasteiger partial charge on any atom is 0.417 e. The van der Waals surface area contributed by atoms with Crippen LogP contribution in [0.15, 0.2) is 24.3 Å². The molecule has 0 aliphatic carbocycles. The van der Waals surface area contributed by atoms with E-state index in [1.807, 2.05) is 0 Å². The normalized spacial score (nSPS) is 24.4. The van der Waals surface area contributed by atoms with E-state index in [1.165, 1.54) is 0 Å². The van der Waals surface area contributed by atoms with Crippen molar-refractivity contribution in [3.05, 3.63) is 29.8 Å². The van der Waals surface area contributed by atoms with Crippen LogP contribution in [0.5, 0.6) is 5.75 Å². The van der Waals surface area contributed by atoms with Gasteiger partial charge in [0.15, 0.2) is 0 Å². The van der Waals surface area contributed by atoms with Crippen LogP contribution in [-0.4, -0.2) is 47.6 Å². The Morgan fingerprint density at radius 1 is 1.19 bits per heavy atom. The van der Waals surface area contributed by atoms with E-state index in [-0.39, 0.29) is 12.2 Å². The van der Waals surface area contributed by atoms with E-state index < -0.39 is 47.4 Å². The number of likely N-dealkylation sites (tertiary alicyclic amines) is 1. The van der Waals surface area contributed by atoms with E-state index in [1.54, 1.807) is 45.0 Å². The number of imide groups is 1. The third-order valence-electron chi connectivity index (χ3n) is 4.53. The molecule has 0 spiro atoms. The van der Waals surface area contributed by atoms with Crippen molar-refractivity contribution in [1.29, 1.82) is 0 Å². The third-order valence-corrected chi connectivity index (χ3v) is 4.53. The van der Waals surface area contributed by atoms with Gasteiger partial charge in [0.25, 0.3) is 0 Å². The van der Waals surface area contributed by atoms with Crippen LogP contribution in [-0.2, 0) is 23.9 Å². The molecule has 0 saturated carbocycles. The third kappa shape index (κ3) is 3.39. The van der Waals surface area contributed by atoms with Crippen LogP contribution in [0, 0.1) is 5.92 Å². The number of rotatable bonds is 1. The second kappa shape index (κ2) is 6.68. The summed E-state index contributed by atoms with van der Waals surface area (Å²) in [5, 5.41) is 0. The molecule has 0 unspecified atom stereocenters. The van der Waals surface area contributed by atoms with Crippen molar-refractivity contribution in [1.82, 2.24) is 4.90 Å². The number of fused-ring (bicyclic) bond motifs is 3. The maximum absolute atomic E-state index is 13.2. The summed E-state index contributed by atoms with van der Waals surface area (Å²) in [5.41, 5.74) is -0.405. The van der Waals surface area contributed by atoms with Gasteiger partial charge in [-0.25, -0.2) is 14.5 Å². The number of para-hydroxylation sites is 1. The van der Waals surface area contributed by atoms with Crippen LogP contribution in [0.3, 0.4) is 0 Å². The van der Waals surface area contributed by atoms with E-state index in [0.717, 1.165) is 12.0 Å². The van der Waals surface area contributed by atoms with Crippen molar-refractivity contribution in [2.45, 2.75) is 44.8 Å². The predicted molar refractivity (Wildman–Crippen MR) is 91.8 cm³/mol. The molecule has 1 fully saturated rings. The van der Waals surface area contributed by atoms with Gasteiger partial charge in [-0.1, -0.05) is 18.2 Å². The molecule has 2 aliphatic rings. The average Bonchev–Trinajstić information content (AvgIpc) is 2.76. The Morgan fingerprint density at radius 2 is 1.85 bits per heavy atom. The molecule has 2 heterocycles. The number of hydrogen-bond donors (Lipinski definition) is 0. The van der Waals surface area contributed by atoms with Gasteiger partial charge in [-0.05, 0) is 26.8 Å². The van der Waals surface area contributed by atoms with E-state index >= 15 is 0 Å². The Bertz CT molecular complexity index is 811. The van der Waals surface area contributed by atoms with Gasteiger partial charge in [0.2, 0.25) is 5.91 Å². The highest BCUT2D eigenvalue weighted by Crippen LogP contribution is 2.46. The van der Waals surface area contributed by atoms with E-state index in [0.29, 0.717) is 5.56 Å². The molecule has 0 aromatic heterocycles. The van der Waals surface area contributed by atoms with Crippen molar-refractivity contribution in [3.63, 3.8) is 0 Å². The number of carbonyl (C=O) groups excluding carboxylic acids is 4. The minimum absolute atomic E-state index is 0.204. The van der Waals surface area contributed by atoms with E-state index in [4.69, 9.17) is 14.2 Å². The summed E-state index contributed by atoms with van der Waals surface area (Å²) in [6.07, 6.45) is -1.15. The predicted octanol–water partition coefficient (Wildman–Crippen LogP) is 2.01. The molecule has 144 valence electrons. The highest BCUT2D eigenvalue weighted by molar-refractivity contribution is 6.04. The molecular formula is C19H21NO7. The number of benzene rings is 1. The molecule has 8 heteroatoms. The molecule has 1 aromatic rings. The highest BCUT2D eigenvalue weighted by Gasteiger charge is 2.58. The van der Waals surface area contributed by atoms with Crippen molar-refractivity contribution in [2.24, 2.45) is 5.92 Å². The molecular weight excluding hydrogens is 354 g/mol. The van der Waals surface area contributed by atoms with Gasteiger partial charge in [-0.2, -0.15) is 0 Å². The number of hydrogen-bond acceptors (Lipinski definition) is 7. The maximum atomic E-state index is 13.2. The molecule has 8 nitrogen and oxygen atoms in total. The van der Waals surface area contributed by atoms with Crippen LogP contribution in [0.1, 0.15) is 38.7 Å². The van der Waals surface area contributed by atoms with Crippen molar-refractivity contribution >= 4 is 23.9 Å². The van der Waals surface area contributed by atoms with Crippen LogP contribution in [0.2, 0.25) is 0 Å². The lowest BCUT2D eigenvalue weighted by atomic mass is 9.83. The lowest BCUT2D eigenvalue weighted by Gasteiger charge is -2.27. The van der Waals surface area contributed by atoms with Crippen LogP contribution in [0.25, 0.3) is 0 Å². The first-order valence-electron chi connectivity index (χ1n) is 8.57. The number of methoxy groups -OCH3 is 1. The fourth-order valence-corrected chi connectivity index (χ4v) is 3.54. The molecule has 3 atom stereocenters. The van der Waals surface area contributed by atoms with Gasteiger partial charge >= 0.3 is 18.0 Å². The summed E-state index contributed by atoms with van der Waals surface area (Å²) < 4.78 is 15.4. The second-order valence-electron chi connectivity index (χ2n) is 7.51. The summed E-state index contributed by atoms with van der Waals surface area (Å²) in [6, 6.07) is 5.34. The monoisotopic (exact) mass is 375 g/mol. The van der Waals surface area contributed by atoms with Gasteiger partial charge in [0, 0.05) is 11.5 Å². The molecule has 0 radical (unpaired) electrons. The number of nitrogens with zero attached hydrogens (tertiary/aromatic N) is 1. The summed E-state index contributed by atoms with van der Waals surface area (Å²) in [5.74, 6) is -3.41. The number of amides is 2. The van der Waals surface area contributed by atoms with Crippen LogP contribution >= 0.6 is 0 Å². The standard InChI is InChI=1S/C19H21NO7/c1-19(2,3)27-18(24)20-15(17(23)25-4)11-9-13(21)26-12-8-6-5-7-10(12)14(11)16(20)22/h5-8,11,14-15H,9H2,1-4H3/t11-,14+,15-/m0/s1.